The summed E-state index contributed by atoms with van der Waals surface area (Å²) in [5.74, 6) is 0.420. The van der Waals surface area contributed by atoms with Crippen LogP contribution in [0.4, 0.5) is 0 Å². The Morgan fingerprint density at radius 2 is 2.45 bits per heavy atom. The van der Waals surface area contributed by atoms with E-state index in [2.05, 4.69) is 18.4 Å². The Morgan fingerprint density at radius 1 is 1.73 bits per heavy atom. The molecule has 64 valence electrons. The summed E-state index contributed by atoms with van der Waals surface area (Å²) in [6.45, 7) is 8.77. The SMILES string of the molecule is C=CCN1CCC(O)C(C)C1. The Bertz CT molecular complexity index is 136. The van der Waals surface area contributed by atoms with Crippen molar-refractivity contribution in [3.05, 3.63) is 12.7 Å². The lowest BCUT2D eigenvalue weighted by Crippen LogP contribution is -2.41. The predicted molar refractivity (Wildman–Crippen MR) is 46.4 cm³/mol. The van der Waals surface area contributed by atoms with E-state index < -0.39 is 0 Å². The molecule has 0 radical (unpaired) electrons. The molecule has 1 heterocycles. The van der Waals surface area contributed by atoms with Crippen molar-refractivity contribution in [1.29, 1.82) is 0 Å². The predicted octanol–water partition coefficient (Wildman–Crippen LogP) is 0.875. The molecule has 0 aromatic rings. The summed E-state index contributed by atoms with van der Waals surface area (Å²) >= 11 is 0. The van der Waals surface area contributed by atoms with Gasteiger partial charge in [0, 0.05) is 19.6 Å². The summed E-state index contributed by atoms with van der Waals surface area (Å²) in [7, 11) is 0. The van der Waals surface area contributed by atoms with E-state index in [1.807, 2.05) is 6.08 Å². The van der Waals surface area contributed by atoms with E-state index in [4.69, 9.17) is 0 Å². The Hall–Kier alpha value is -0.340. The minimum Gasteiger partial charge on any atom is -0.393 e. The molecule has 0 saturated carbocycles. The zero-order valence-corrected chi connectivity index (χ0v) is 7.16. The maximum atomic E-state index is 9.41. The maximum Gasteiger partial charge on any atom is 0.0590 e. The molecular formula is C9H17NO. The lowest BCUT2D eigenvalue weighted by molar-refractivity contribution is 0.0397. The standard InChI is InChI=1S/C9H17NO/c1-3-5-10-6-4-9(11)8(2)7-10/h3,8-9,11H,1,4-7H2,2H3. The van der Waals surface area contributed by atoms with Gasteiger partial charge in [-0.1, -0.05) is 13.0 Å². The molecule has 1 N–H and O–H groups in total. The van der Waals surface area contributed by atoms with E-state index in [9.17, 15) is 5.11 Å². The molecule has 2 nitrogen and oxygen atoms in total. The van der Waals surface area contributed by atoms with Gasteiger partial charge in [-0.3, -0.25) is 4.90 Å². The van der Waals surface area contributed by atoms with Crippen LogP contribution in [0.25, 0.3) is 0 Å². The number of nitrogens with zero attached hydrogens (tertiary/aromatic N) is 1. The molecule has 2 heteroatoms. The Balaban J connectivity index is 2.33. The van der Waals surface area contributed by atoms with Gasteiger partial charge in [0.1, 0.15) is 0 Å². The van der Waals surface area contributed by atoms with Gasteiger partial charge in [-0.15, -0.1) is 6.58 Å². The average Bonchev–Trinajstić information content (AvgIpc) is 1.98. The highest BCUT2D eigenvalue weighted by molar-refractivity contribution is 4.81. The van der Waals surface area contributed by atoms with Gasteiger partial charge in [0.15, 0.2) is 0 Å². The third-order valence-electron chi connectivity index (χ3n) is 2.33. The lowest BCUT2D eigenvalue weighted by atomic mass is 9.97. The topological polar surface area (TPSA) is 23.5 Å². The van der Waals surface area contributed by atoms with Crippen molar-refractivity contribution in [2.75, 3.05) is 19.6 Å². The third-order valence-corrected chi connectivity index (χ3v) is 2.33. The van der Waals surface area contributed by atoms with Gasteiger partial charge in [0.2, 0.25) is 0 Å². The van der Waals surface area contributed by atoms with Crippen LogP contribution < -0.4 is 0 Å². The Kier molecular flexibility index (Phi) is 3.09. The first-order valence-electron chi connectivity index (χ1n) is 4.25. The van der Waals surface area contributed by atoms with Crippen LogP contribution in [-0.2, 0) is 0 Å². The minimum atomic E-state index is -0.0870. The zero-order valence-electron chi connectivity index (χ0n) is 7.16. The van der Waals surface area contributed by atoms with E-state index in [0.29, 0.717) is 5.92 Å². The molecule has 2 atom stereocenters. The van der Waals surface area contributed by atoms with Crippen LogP contribution in [0.3, 0.4) is 0 Å². The van der Waals surface area contributed by atoms with Crippen molar-refractivity contribution in [2.45, 2.75) is 19.4 Å². The molecule has 1 rings (SSSR count). The molecule has 11 heavy (non-hydrogen) atoms. The van der Waals surface area contributed by atoms with Crippen molar-refractivity contribution in [3.63, 3.8) is 0 Å². The van der Waals surface area contributed by atoms with Crippen molar-refractivity contribution in [2.24, 2.45) is 5.92 Å². The van der Waals surface area contributed by atoms with E-state index >= 15 is 0 Å². The fraction of sp³-hybridized carbons (Fsp3) is 0.778. The molecular weight excluding hydrogens is 138 g/mol. The van der Waals surface area contributed by atoms with Gasteiger partial charge < -0.3 is 5.11 Å². The highest BCUT2D eigenvalue weighted by Crippen LogP contribution is 2.15. The zero-order chi connectivity index (χ0) is 8.27. The van der Waals surface area contributed by atoms with Gasteiger partial charge in [-0.2, -0.15) is 0 Å². The molecule has 0 bridgehead atoms. The summed E-state index contributed by atoms with van der Waals surface area (Å²) < 4.78 is 0. The van der Waals surface area contributed by atoms with Crippen LogP contribution >= 0.6 is 0 Å². The first-order chi connectivity index (χ1) is 5.24. The third kappa shape index (κ3) is 2.31. The molecule has 0 aromatic heterocycles. The van der Waals surface area contributed by atoms with E-state index in [1.165, 1.54) is 0 Å². The summed E-state index contributed by atoms with van der Waals surface area (Å²) in [6, 6.07) is 0. The molecule has 1 saturated heterocycles. The molecule has 2 unspecified atom stereocenters. The molecule has 0 spiro atoms. The summed E-state index contributed by atoms with van der Waals surface area (Å²) in [5, 5.41) is 9.41. The van der Waals surface area contributed by atoms with Gasteiger partial charge >= 0.3 is 0 Å². The van der Waals surface area contributed by atoms with E-state index in [0.717, 1.165) is 26.1 Å². The number of rotatable bonds is 2. The highest BCUT2D eigenvalue weighted by atomic mass is 16.3. The Labute approximate surface area is 68.5 Å². The van der Waals surface area contributed by atoms with Crippen molar-refractivity contribution < 1.29 is 5.11 Å². The second kappa shape index (κ2) is 3.88. The van der Waals surface area contributed by atoms with Crippen LogP contribution in [-0.4, -0.2) is 35.7 Å². The van der Waals surface area contributed by atoms with Gasteiger partial charge in [-0.25, -0.2) is 0 Å². The fourth-order valence-electron chi connectivity index (χ4n) is 1.57. The highest BCUT2D eigenvalue weighted by Gasteiger charge is 2.22. The molecule has 0 aromatic carbocycles. The van der Waals surface area contributed by atoms with E-state index in [-0.39, 0.29) is 6.10 Å². The molecule has 1 fully saturated rings. The number of hydrogen-bond acceptors (Lipinski definition) is 2. The molecule has 0 amide bonds. The molecule has 0 aliphatic carbocycles. The second-order valence-corrected chi connectivity index (χ2v) is 3.38. The number of aliphatic hydroxyl groups is 1. The Morgan fingerprint density at radius 3 is 3.00 bits per heavy atom. The molecule has 1 aliphatic heterocycles. The smallest absolute Gasteiger partial charge is 0.0590 e. The summed E-state index contributed by atoms with van der Waals surface area (Å²) in [6.07, 6.45) is 2.75. The van der Waals surface area contributed by atoms with Gasteiger partial charge in [0.25, 0.3) is 0 Å². The monoisotopic (exact) mass is 155 g/mol. The van der Waals surface area contributed by atoms with Crippen molar-refractivity contribution >= 4 is 0 Å². The van der Waals surface area contributed by atoms with E-state index in [1.54, 1.807) is 0 Å². The average molecular weight is 155 g/mol. The fourth-order valence-corrected chi connectivity index (χ4v) is 1.57. The van der Waals surface area contributed by atoms with Gasteiger partial charge in [-0.05, 0) is 12.3 Å². The normalized spacial score (nSPS) is 33.6. The minimum absolute atomic E-state index is 0.0870. The van der Waals surface area contributed by atoms with Crippen LogP contribution in [0.5, 0.6) is 0 Å². The van der Waals surface area contributed by atoms with Crippen LogP contribution in [0.1, 0.15) is 13.3 Å². The first kappa shape index (κ1) is 8.75. The van der Waals surface area contributed by atoms with Crippen LogP contribution in [0, 0.1) is 5.92 Å². The van der Waals surface area contributed by atoms with Crippen LogP contribution in [0.15, 0.2) is 12.7 Å². The van der Waals surface area contributed by atoms with Gasteiger partial charge in [0.05, 0.1) is 6.10 Å². The van der Waals surface area contributed by atoms with Crippen LogP contribution in [0.2, 0.25) is 0 Å². The number of hydrogen-bond donors (Lipinski definition) is 1. The van der Waals surface area contributed by atoms with Crippen molar-refractivity contribution in [3.8, 4) is 0 Å². The van der Waals surface area contributed by atoms with Crippen molar-refractivity contribution in [1.82, 2.24) is 4.90 Å². The summed E-state index contributed by atoms with van der Waals surface area (Å²) in [5.41, 5.74) is 0. The maximum absolute atomic E-state index is 9.41. The quantitative estimate of drug-likeness (QED) is 0.598. The lowest BCUT2D eigenvalue weighted by Gasteiger charge is -2.33. The summed E-state index contributed by atoms with van der Waals surface area (Å²) in [4.78, 5) is 2.32. The molecule has 1 aliphatic rings. The number of aliphatic hydroxyl groups excluding tert-OH is 1. The number of likely N-dealkylation sites (tertiary alicyclic amines) is 1. The second-order valence-electron chi connectivity index (χ2n) is 3.38. The first-order valence-corrected chi connectivity index (χ1v) is 4.25. The largest absolute Gasteiger partial charge is 0.393 e. The number of piperidine rings is 1.